The van der Waals surface area contributed by atoms with Gasteiger partial charge in [0.15, 0.2) is 6.61 Å². The molecule has 0 spiro atoms. The van der Waals surface area contributed by atoms with E-state index in [9.17, 15) is 9.59 Å². The third-order valence-electron chi connectivity index (χ3n) is 4.95. The van der Waals surface area contributed by atoms with Crippen molar-refractivity contribution < 1.29 is 14.3 Å². The first-order chi connectivity index (χ1) is 12.7. The average molecular weight is 359 g/mol. The first-order valence-electron chi connectivity index (χ1n) is 9.71. The summed E-state index contributed by atoms with van der Waals surface area (Å²) in [6, 6.07) is 7.57. The Morgan fingerprint density at radius 1 is 1.23 bits per heavy atom. The fourth-order valence-corrected chi connectivity index (χ4v) is 3.35. The lowest BCUT2D eigenvalue weighted by Gasteiger charge is -2.34. The summed E-state index contributed by atoms with van der Waals surface area (Å²) in [5, 5.41) is 6.24. The van der Waals surface area contributed by atoms with Crippen molar-refractivity contribution >= 4 is 17.5 Å². The number of nitrogens with one attached hydrogen (secondary N) is 2. The van der Waals surface area contributed by atoms with Gasteiger partial charge >= 0.3 is 0 Å². The minimum absolute atomic E-state index is 0.0317. The van der Waals surface area contributed by atoms with Gasteiger partial charge in [-0.25, -0.2) is 0 Å². The largest absolute Gasteiger partial charge is 0.484 e. The van der Waals surface area contributed by atoms with Crippen molar-refractivity contribution in [2.24, 2.45) is 5.92 Å². The highest BCUT2D eigenvalue weighted by molar-refractivity contribution is 5.94. The minimum atomic E-state index is 0.0317. The summed E-state index contributed by atoms with van der Waals surface area (Å²) < 4.78 is 5.73. The minimum Gasteiger partial charge on any atom is -0.484 e. The highest BCUT2D eigenvalue weighted by atomic mass is 16.5. The van der Waals surface area contributed by atoms with Gasteiger partial charge in [0.2, 0.25) is 5.91 Å². The molecule has 0 radical (unpaired) electrons. The van der Waals surface area contributed by atoms with Crippen LogP contribution >= 0.6 is 0 Å². The van der Waals surface area contributed by atoms with E-state index in [0.29, 0.717) is 11.8 Å². The van der Waals surface area contributed by atoms with Crippen LogP contribution in [0.3, 0.4) is 0 Å². The zero-order valence-corrected chi connectivity index (χ0v) is 15.5. The number of nitrogens with zero attached hydrogens (tertiary/aromatic N) is 1. The molecule has 3 rings (SSSR count). The molecular formula is C20H29N3O3. The van der Waals surface area contributed by atoms with Crippen LogP contribution in [0.4, 0.5) is 5.69 Å². The van der Waals surface area contributed by atoms with Crippen LogP contribution in [0.1, 0.15) is 39.0 Å². The topological polar surface area (TPSA) is 70.7 Å². The second-order valence-electron chi connectivity index (χ2n) is 7.15. The second-order valence-corrected chi connectivity index (χ2v) is 7.15. The number of benzene rings is 1. The molecule has 1 heterocycles. The van der Waals surface area contributed by atoms with Gasteiger partial charge in [0.1, 0.15) is 5.75 Å². The Kier molecular flexibility index (Phi) is 6.50. The zero-order chi connectivity index (χ0) is 18.4. The lowest BCUT2D eigenvalue weighted by molar-refractivity contribution is -0.136. The van der Waals surface area contributed by atoms with E-state index in [1.807, 2.05) is 23.1 Å². The van der Waals surface area contributed by atoms with Crippen molar-refractivity contribution in [3.05, 3.63) is 24.3 Å². The fourth-order valence-electron chi connectivity index (χ4n) is 3.35. The number of piperidine rings is 1. The standard InChI is InChI=1S/C20H29N3O3/c1-2-12-23(17-8-10-21-11-9-17)19(24)14-26-18-5-3-4-16(13-18)22-20(25)15-6-7-15/h3-5,13,15,17,21H,2,6-12,14H2,1H3,(H,22,25). The monoisotopic (exact) mass is 359 g/mol. The average Bonchev–Trinajstić information content (AvgIpc) is 3.50. The van der Waals surface area contributed by atoms with Gasteiger partial charge in [-0.15, -0.1) is 0 Å². The predicted octanol–water partition coefficient (Wildman–Crippen LogP) is 2.40. The quantitative estimate of drug-likeness (QED) is 0.748. The van der Waals surface area contributed by atoms with E-state index in [2.05, 4.69) is 17.6 Å². The number of hydrogen-bond acceptors (Lipinski definition) is 4. The molecule has 0 bridgehead atoms. The van der Waals surface area contributed by atoms with Gasteiger partial charge in [-0.2, -0.15) is 0 Å². The Bertz CT molecular complexity index is 624. The molecule has 1 aromatic rings. The molecule has 0 unspecified atom stereocenters. The number of rotatable bonds is 8. The number of amides is 2. The smallest absolute Gasteiger partial charge is 0.260 e. The van der Waals surface area contributed by atoms with Crippen molar-refractivity contribution in [1.82, 2.24) is 10.2 Å². The van der Waals surface area contributed by atoms with Gasteiger partial charge in [0, 0.05) is 30.3 Å². The van der Waals surface area contributed by atoms with Gasteiger partial charge in [0.05, 0.1) is 0 Å². The normalized spacial score (nSPS) is 17.6. The molecule has 0 aromatic heterocycles. The molecule has 26 heavy (non-hydrogen) atoms. The third-order valence-corrected chi connectivity index (χ3v) is 4.95. The molecule has 2 N–H and O–H groups in total. The molecule has 0 atom stereocenters. The predicted molar refractivity (Wildman–Crippen MR) is 101 cm³/mol. The fraction of sp³-hybridized carbons (Fsp3) is 0.600. The summed E-state index contributed by atoms with van der Waals surface area (Å²) in [4.78, 5) is 26.5. The van der Waals surface area contributed by atoms with Gasteiger partial charge in [-0.05, 0) is 57.3 Å². The van der Waals surface area contributed by atoms with Crippen LogP contribution in [0, 0.1) is 5.92 Å². The van der Waals surface area contributed by atoms with Crippen LogP contribution in [-0.2, 0) is 9.59 Å². The van der Waals surface area contributed by atoms with E-state index in [1.54, 1.807) is 6.07 Å². The molecular weight excluding hydrogens is 330 g/mol. The Morgan fingerprint density at radius 3 is 2.69 bits per heavy atom. The third kappa shape index (κ3) is 5.21. The Hall–Kier alpha value is -2.08. The van der Waals surface area contributed by atoms with Crippen LogP contribution in [0.2, 0.25) is 0 Å². The van der Waals surface area contributed by atoms with Gasteiger partial charge in [-0.1, -0.05) is 13.0 Å². The van der Waals surface area contributed by atoms with Crippen LogP contribution in [0.5, 0.6) is 5.75 Å². The van der Waals surface area contributed by atoms with Crippen molar-refractivity contribution in [1.29, 1.82) is 0 Å². The second kappa shape index (κ2) is 9.03. The van der Waals surface area contributed by atoms with E-state index in [1.165, 1.54) is 0 Å². The molecule has 1 aromatic carbocycles. The maximum Gasteiger partial charge on any atom is 0.260 e. The summed E-state index contributed by atoms with van der Waals surface area (Å²) in [5.74, 6) is 0.867. The van der Waals surface area contributed by atoms with E-state index in [-0.39, 0.29) is 24.3 Å². The van der Waals surface area contributed by atoms with E-state index < -0.39 is 0 Å². The Morgan fingerprint density at radius 2 is 2.00 bits per heavy atom. The van der Waals surface area contributed by atoms with Crippen molar-refractivity contribution in [2.75, 3.05) is 31.6 Å². The maximum atomic E-state index is 12.7. The molecule has 1 aliphatic heterocycles. The Balaban J connectivity index is 1.54. The molecule has 142 valence electrons. The van der Waals surface area contributed by atoms with Crippen LogP contribution in [0.15, 0.2) is 24.3 Å². The molecule has 6 heteroatoms. The van der Waals surface area contributed by atoms with Crippen molar-refractivity contribution in [3.63, 3.8) is 0 Å². The highest BCUT2D eigenvalue weighted by Crippen LogP contribution is 2.30. The lowest BCUT2D eigenvalue weighted by atomic mass is 10.0. The first-order valence-corrected chi connectivity index (χ1v) is 9.71. The van der Waals surface area contributed by atoms with E-state index in [0.717, 1.165) is 57.4 Å². The molecule has 6 nitrogen and oxygen atoms in total. The van der Waals surface area contributed by atoms with Gasteiger partial charge in [0.25, 0.3) is 5.91 Å². The molecule has 2 aliphatic rings. The number of carbonyl (C=O) groups excluding carboxylic acids is 2. The van der Waals surface area contributed by atoms with Crippen LogP contribution < -0.4 is 15.4 Å². The molecule has 1 aliphatic carbocycles. The molecule has 2 amide bonds. The molecule has 1 saturated carbocycles. The summed E-state index contributed by atoms with van der Waals surface area (Å²) >= 11 is 0. The van der Waals surface area contributed by atoms with Crippen molar-refractivity contribution in [2.45, 2.75) is 45.1 Å². The van der Waals surface area contributed by atoms with Gasteiger partial charge in [-0.3, -0.25) is 9.59 Å². The maximum absolute atomic E-state index is 12.7. The highest BCUT2D eigenvalue weighted by Gasteiger charge is 2.29. The summed E-state index contributed by atoms with van der Waals surface area (Å²) in [5.41, 5.74) is 0.718. The van der Waals surface area contributed by atoms with Crippen LogP contribution in [0.25, 0.3) is 0 Å². The van der Waals surface area contributed by atoms with Crippen molar-refractivity contribution in [3.8, 4) is 5.75 Å². The first kappa shape index (κ1) is 18.7. The lowest BCUT2D eigenvalue weighted by Crippen LogP contribution is -2.48. The van der Waals surface area contributed by atoms with Gasteiger partial charge < -0.3 is 20.3 Å². The van der Waals surface area contributed by atoms with Crippen LogP contribution in [-0.4, -0.2) is 49.0 Å². The zero-order valence-electron chi connectivity index (χ0n) is 15.5. The van der Waals surface area contributed by atoms with E-state index >= 15 is 0 Å². The number of carbonyl (C=O) groups is 2. The number of hydrogen-bond donors (Lipinski definition) is 2. The Labute approximate surface area is 155 Å². The summed E-state index contributed by atoms with van der Waals surface area (Å²) in [7, 11) is 0. The SMILES string of the molecule is CCCN(C(=O)COc1cccc(NC(=O)C2CC2)c1)C1CCNCC1. The molecule has 2 fully saturated rings. The molecule has 1 saturated heterocycles. The number of anilines is 1. The number of ether oxygens (including phenoxy) is 1. The summed E-state index contributed by atoms with van der Waals surface area (Å²) in [6.45, 7) is 4.81. The summed E-state index contributed by atoms with van der Waals surface area (Å²) in [6.07, 6.45) is 4.88. The van der Waals surface area contributed by atoms with E-state index in [4.69, 9.17) is 4.74 Å².